The van der Waals surface area contributed by atoms with Gasteiger partial charge >= 0.3 is 5.97 Å². The van der Waals surface area contributed by atoms with E-state index in [1.165, 1.54) is 5.57 Å². The van der Waals surface area contributed by atoms with E-state index in [2.05, 4.69) is 54.5 Å². The van der Waals surface area contributed by atoms with E-state index >= 15 is 0 Å². The Hall–Kier alpha value is -1.15. The molecule has 0 amide bonds. The summed E-state index contributed by atoms with van der Waals surface area (Å²) in [4.78, 5) is 13.0. The van der Waals surface area contributed by atoms with Crippen molar-refractivity contribution in [3.8, 4) is 0 Å². The maximum atomic E-state index is 13.0. The number of allylic oxidation sites excluding steroid dienone is 2. The van der Waals surface area contributed by atoms with Crippen molar-refractivity contribution in [1.82, 2.24) is 0 Å². The lowest BCUT2D eigenvalue weighted by atomic mass is 9.33. The molecule has 11 heteroatoms. The first kappa shape index (κ1) is 39.1. The molecule has 4 saturated carbocycles. The lowest BCUT2D eigenvalue weighted by Crippen LogP contribution is -2.66. The lowest BCUT2D eigenvalue weighted by molar-refractivity contribution is -0.367. The second kappa shape index (κ2) is 12.9. The SMILES string of the molecule is C[C@H]1O[C@@H](O[C@H]2CC[C@@]3(C)C(CC[C@]4(C)C3CC=C3C5CC(C)(C)CC[C@]5(C(=O)O)CC[C@]34C)C2(C)C)[C@@H](O[C@H]2OC[C@@H](O)[C@H](O)[C@H]2O)[C@@H](O)[C@@H]1O. The van der Waals surface area contributed by atoms with Gasteiger partial charge in [0.25, 0.3) is 0 Å². The summed E-state index contributed by atoms with van der Waals surface area (Å²) in [6, 6.07) is 0. The van der Waals surface area contributed by atoms with E-state index in [-0.39, 0.29) is 45.7 Å². The van der Waals surface area contributed by atoms with Crippen LogP contribution in [0.3, 0.4) is 0 Å². The molecule has 0 aromatic heterocycles. The largest absolute Gasteiger partial charge is 0.481 e. The van der Waals surface area contributed by atoms with E-state index in [1.807, 2.05) is 0 Å². The summed E-state index contributed by atoms with van der Waals surface area (Å²) < 4.78 is 24.5. The number of carbonyl (C=O) groups is 1. The monoisotopic (exact) mass is 734 g/mol. The van der Waals surface area contributed by atoms with Crippen LogP contribution < -0.4 is 0 Å². The van der Waals surface area contributed by atoms with Crippen LogP contribution >= 0.6 is 0 Å². The summed E-state index contributed by atoms with van der Waals surface area (Å²) in [5.41, 5.74) is 0.566. The molecule has 2 heterocycles. The summed E-state index contributed by atoms with van der Waals surface area (Å²) in [5, 5.41) is 63.5. The maximum absolute atomic E-state index is 13.0. The third-order valence-corrected chi connectivity index (χ3v) is 16.8. The predicted octanol–water partition coefficient (Wildman–Crippen LogP) is 4.55. The molecule has 0 radical (unpaired) electrons. The van der Waals surface area contributed by atoms with Gasteiger partial charge < -0.3 is 49.6 Å². The van der Waals surface area contributed by atoms with Gasteiger partial charge in [0.1, 0.15) is 36.6 Å². The van der Waals surface area contributed by atoms with Crippen molar-refractivity contribution < 1.29 is 54.4 Å². The molecule has 0 aromatic rings. The summed E-state index contributed by atoms with van der Waals surface area (Å²) in [5.74, 6) is 0.213. The molecule has 5 aliphatic carbocycles. The number of aliphatic hydroxyl groups is 5. The quantitative estimate of drug-likeness (QED) is 0.173. The molecule has 3 unspecified atom stereocenters. The lowest BCUT2D eigenvalue weighted by Gasteiger charge is -2.71. The number of aliphatic hydroxyl groups excluding tert-OH is 5. The van der Waals surface area contributed by atoms with Gasteiger partial charge in [-0.25, -0.2) is 0 Å². The number of rotatable bonds is 5. The van der Waals surface area contributed by atoms with Gasteiger partial charge in [-0.15, -0.1) is 0 Å². The van der Waals surface area contributed by atoms with Gasteiger partial charge in [0.2, 0.25) is 0 Å². The Balaban J connectivity index is 1.14. The minimum absolute atomic E-state index is 0.0118. The summed E-state index contributed by atoms with van der Waals surface area (Å²) in [6.45, 7) is 18.1. The van der Waals surface area contributed by atoms with Gasteiger partial charge in [0, 0.05) is 0 Å². The minimum Gasteiger partial charge on any atom is -0.481 e. The molecular weight excluding hydrogens is 668 g/mol. The Labute approximate surface area is 309 Å². The number of hydrogen-bond donors (Lipinski definition) is 6. The Morgan fingerprint density at radius 1 is 0.788 bits per heavy atom. The molecule has 6 N–H and O–H groups in total. The second-order valence-electron chi connectivity index (χ2n) is 20.2. The van der Waals surface area contributed by atoms with E-state index in [9.17, 15) is 35.4 Å². The van der Waals surface area contributed by atoms with Crippen molar-refractivity contribution in [3.63, 3.8) is 0 Å². The summed E-state index contributed by atoms with van der Waals surface area (Å²) in [7, 11) is 0. The van der Waals surface area contributed by atoms with Crippen LogP contribution in [0.5, 0.6) is 0 Å². The highest BCUT2D eigenvalue weighted by Crippen LogP contribution is 2.76. The zero-order valence-electron chi connectivity index (χ0n) is 32.6. The predicted molar refractivity (Wildman–Crippen MR) is 191 cm³/mol. The molecule has 6 fully saturated rings. The van der Waals surface area contributed by atoms with Gasteiger partial charge in [-0.05, 0) is 116 Å². The fourth-order valence-electron chi connectivity index (χ4n) is 13.3. The normalized spacial score (nSPS) is 54.1. The van der Waals surface area contributed by atoms with Crippen LogP contribution in [0.2, 0.25) is 0 Å². The van der Waals surface area contributed by atoms with Crippen LogP contribution in [-0.2, 0) is 23.7 Å². The van der Waals surface area contributed by atoms with E-state index in [0.717, 1.165) is 64.2 Å². The molecule has 11 nitrogen and oxygen atoms in total. The number of aliphatic carboxylic acids is 1. The van der Waals surface area contributed by atoms with Crippen LogP contribution in [0.1, 0.15) is 120 Å². The van der Waals surface area contributed by atoms with Crippen LogP contribution in [-0.4, -0.2) is 105 Å². The number of hydrogen-bond acceptors (Lipinski definition) is 10. The van der Waals surface area contributed by atoms with E-state index in [1.54, 1.807) is 6.92 Å². The van der Waals surface area contributed by atoms with E-state index in [0.29, 0.717) is 11.8 Å². The van der Waals surface area contributed by atoms with Crippen molar-refractivity contribution in [1.29, 1.82) is 0 Å². The number of fused-ring (bicyclic) bond motifs is 7. The molecule has 2 aliphatic heterocycles. The number of carboxylic acids is 1. The molecule has 52 heavy (non-hydrogen) atoms. The first-order valence-corrected chi connectivity index (χ1v) is 20.1. The van der Waals surface area contributed by atoms with Gasteiger partial charge in [-0.2, -0.15) is 0 Å². The molecular formula is C41H66O11. The van der Waals surface area contributed by atoms with Crippen molar-refractivity contribution >= 4 is 5.97 Å². The highest BCUT2D eigenvalue weighted by atomic mass is 16.8. The average Bonchev–Trinajstić information content (AvgIpc) is 3.06. The first-order valence-electron chi connectivity index (χ1n) is 20.1. The third kappa shape index (κ3) is 5.64. The molecule has 0 bridgehead atoms. The fourth-order valence-corrected chi connectivity index (χ4v) is 13.3. The highest BCUT2D eigenvalue weighted by molar-refractivity contribution is 5.76. The Kier molecular flexibility index (Phi) is 9.74. The molecule has 296 valence electrons. The Morgan fingerprint density at radius 3 is 2.17 bits per heavy atom. The molecule has 0 aromatic carbocycles. The van der Waals surface area contributed by atoms with E-state index < -0.39 is 66.7 Å². The van der Waals surface area contributed by atoms with E-state index in [4.69, 9.17) is 18.9 Å². The van der Waals surface area contributed by atoms with Crippen molar-refractivity contribution in [2.75, 3.05) is 6.61 Å². The molecule has 2 saturated heterocycles. The first-order chi connectivity index (χ1) is 24.1. The Morgan fingerprint density at radius 2 is 1.48 bits per heavy atom. The summed E-state index contributed by atoms with van der Waals surface area (Å²) >= 11 is 0. The van der Waals surface area contributed by atoms with Gasteiger partial charge in [-0.1, -0.05) is 60.1 Å². The maximum Gasteiger partial charge on any atom is 0.310 e. The second-order valence-corrected chi connectivity index (χ2v) is 20.2. The molecule has 7 rings (SSSR count). The third-order valence-electron chi connectivity index (χ3n) is 16.8. The number of ether oxygens (including phenoxy) is 4. The average molecular weight is 735 g/mol. The topological polar surface area (TPSA) is 175 Å². The van der Waals surface area contributed by atoms with Crippen molar-refractivity contribution in [2.24, 2.45) is 50.2 Å². The standard InChI is InChI=1S/C41H66O11/c1-21-28(43)30(45)32(52-33-31(46)29(44)24(42)20-49-33)34(50-21)51-27-12-13-38(6)25(37(27,4)5)11-14-40(8)26(38)10-9-22-23-19-36(2,3)15-17-41(23,35(47)48)18-16-39(22,40)7/h9,21,23-34,42-46H,10-20H2,1-8H3,(H,47,48)/t21-,23?,24-,25?,26?,27+,28-,29+,30+,31-,32+,33-,34+,38+,39-,40-,41+/m1/s1. The number of carboxylic acid groups (broad SMARTS) is 1. The van der Waals surface area contributed by atoms with Crippen LogP contribution in [0, 0.1) is 50.2 Å². The summed E-state index contributed by atoms with van der Waals surface area (Å²) in [6.07, 6.45) is -0.167. The van der Waals surface area contributed by atoms with Crippen molar-refractivity contribution in [2.45, 2.75) is 181 Å². The van der Waals surface area contributed by atoms with Gasteiger partial charge in [-0.3, -0.25) is 4.79 Å². The highest BCUT2D eigenvalue weighted by Gasteiger charge is 2.69. The van der Waals surface area contributed by atoms with Gasteiger partial charge in [0.05, 0.1) is 24.2 Å². The zero-order valence-corrected chi connectivity index (χ0v) is 32.6. The van der Waals surface area contributed by atoms with Crippen LogP contribution in [0.25, 0.3) is 0 Å². The van der Waals surface area contributed by atoms with Crippen molar-refractivity contribution in [3.05, 3.63) is 11.6 Å². The molecule has 17 atom stereocenters. The smallest absolute Gasteiger partial charge is 0.310 e. The zero-order chi connectivity index (χ0) is 38.0. The fraction of sp³-hybridized carbons (Fsp3) is 0.927. The minimum atomic E-state index is -1.57. The molecule has 0 spiro atoms. The van der Waals surface area contributed by atoms with Crippen LogP contribution in [0.15, 0.2) is 11.6 Å². The Bertz CT molecular complexity index is 1410. The van der Waals surface area contributed by atoms with Gasteiger partial charge in [0.15, 0.2) is 12.6 Å². The van der Waals surface area contributed by atoms with Crippen LogP contribution in [0.4, 0.5) is 0 Å². The molecule has 7 aliphatic rings.